The van der Waals surface area contributed by atoms with Gasteiger partial charge in [0.15, 0.2) is 0 Å². The minimum atomic E-state index is -0.255. The number of hydrogen-bond acceptors (Lipinski definition) is 4. The largest absolute Gasteiger partial charge is 0.341 e. The van der Waals surface area contributed by atoms with Crippen LogP contribution in [0.5, 0.6) is 0 Å². The first-order valence-corrected chi connectivity index (χ1v) is 11.6. The van der Waals surface area contributed by atoms with Crippen LogP contribution in [0.25, 0.3) is 10.4 Å². The zero-order chi connectivity index (χ0) is 21.8. The van der Waals surface area contributed by atoms with Gasteiger partial charge in [0, 0.05) is 44.3 Å². The van der Waals surface area contributed by atoms with Gasteiger partial charge in [-0.15, -0.1) is 11.3 Å². The predicted octanol–water partition coefficient (Wildman–Crippen LogP) is 3.70. The fourth-order valence-corrected chi connectivity index (χ4v) is 4.83. The van der Waals surface area contributed by atoms with Crippen molar-refractivity contribution < 1.29 is 9.59 Å². The number of thiophene rings is 1. The molecule has 0 radical (unpaired) electrons. The maximum absolute atomic E-state index is 13.3. The van der Waals surface area contributed by atoms with Crippen LogP contribution < -0.4 is 0 Å². The second-order valence-corrected chi connectivity index (χ2v) is 8.97. The van der Waals surface area contributed by atoms with Gasteiger partial charge in [-0.05, 0) is 41.5 Å². The molecule has 7 heteroatoms. The zero-order valence-corrected chi connectivity index (χ0v) is 18.8. The molecule has 1 aliphatic heterocycles. The third-order valence-electron chi connectivity index (χ3n) is 5.70. The Bertz CT molecular complexity index is 1030. The van der Waals surface area contributed by atoms with E-state index < -0.39 is 0 Å². The summed E-state index contributed by atoms with van der Waals surface area (Å²) in [4.78, 5) is 31.2. The molecule has 3 heterocycles. The van der Waals surface area contributed by atoms with Crippen molar-refractivity contribution >= 4 is 23.2 Å². The molecule has 6 nitrogen and oxygen atoms in total. The topological polar surface area (TPSA) is 58.4 Å². The number of aromatic nitrogens is 2. The van der Waals surface area contributed by atoms with Gasteiger partial charge in [0.1, 0.15) is 5.69 Å². The number of nitrogens with zero attached hydrogens (tertiary/aromatic N) is 4. The lowest BCUT2D eigenvalue weighted by Crippen LogP contribution is -2.38. The van der Waals surface area contributed by atoms with Crippen molar-refractivity contribution in [1.82, 2.24) is 19.6 Å². The summed E-state index contributed by atoms with van der Waals surface area (Å²) >= 11 is 1.72. The summed E-state index contributed by atoms with van der Waals surface area (Å²) in [5.74, 6) is -0.223. The van der Waals surface area contributed by atoms with Crippen LogP contribution in [0.15, 0.2) is 54.0 Å². The Morgan fingerprint density at radius 2 is 1.97 bits per heavy atom. The lowest BCUT2D eigenvalue weighted by atomic mass is 9.96. The molecule has 0 aliphatic carbocycles. The van der Waals surface area contributed by atoms with E-state index in [0.29, 0.717) is 31.7 Å². The Morgan fingerprint density at radius 1 is 1.16 bits per heavy atom. The number of carbonyl (C=O) groups is 2. The number of rotatable bonds is 6. The fourth-order valence-electron chi connectivity index (χ4n) is 4.10. The van der Waals surface area contributed by atoms with Crippen molar-refractivity contribution in [3.8, 4) is 10.4 Å². The Balaban J connectivity index is 1.53. The minimum Gasteiger partial charge on any atom is -0.341 e. The lowest BCUT2D eigenvalue weighted by molar-refractivity contribution is -0.134. The molecule has 2 aromatic heterocycles. The highest BCUT2D eigenvalue weighted by Gasteiger charge is 2.32. The normalized spacial score (nSPS) is 17.1. The first kappa shape index (κ1) is 21.3. The molecule has 1 unspecified atom stereocenters. The molecule has 3 aromatic rings. The van der Waals surface area contributed by atoms with E-state index in [0.717, 1.165) is 18.5 Å². The van der Waals surface area contributed by atoms with E-state index in [1.54, 1.807) is 40.2 Å². The highest BCUT2D eigenvalue weighted by Crippen LogP contribution is 2.26. The van der Waals surface area contributed by atoms with E-state index in [9.17, 15) is 9.59 Å². The minimum absolute atomic E-state index is 0.107. The molecule has 1 atom stereocenters. The van der Waals surface area contributed by atoms with Crippen LogP contribution in [0.2, 0.25) is 0 Å². The number of benzene rings is 1. The molecule has 1 saturated heterocycles. The highest BCUT2D eigenvalue weighted by atomic mass is 32.1. The molecule has 0 N–H and O–H groups in total. The second-order valence-electron chi connectivity index (χ2n) is 8.03. The molecule has 2 amide bonds. The molecule has 0 saturated carbocycles. The summed E-state index contributed by atoms with van der Waals surface area (Å²) in [6.45, 7) is 4.32. The number of hydrogen-bond donors (Lipinski definition) is 0. The van der Waals surface area contributed by atoms with Crippen molar-refractivity contribution in [3.05, 3.63) is 65.3 Å². The first-order valence-electron chi connectivity index (χ1n) is 10.8. The summed E-state index contributed by atoms with van der Waals surface area (Å²) in [6, 6.07) is 14.3. The Morgan fingerprint density at radius 3 is 2.61 bits per heavy atom. The van der Waals surface area contributed by atoms with Crippen molar-refractivity contribution in [2.75, 3.05) is 26.2 Å². The van der Waals surface area contributed by atoms with Gasteiger partial charge in [-0.3, -0.25) is 14.3 Å². The van der Waals surface area contributed by atoms with Crippen molar-refractivity contribution in [3.63, 3.8) is 0 Å². The van der Waals surface area contributed by atoms with Gasteiger partial charge < -0.3 is 9.80 Å². The second kappa shape index (κ2) is 9.47. The van der Waals surface area contributed by atoms with Crippen LogP contribution in [0, 0.1) is 5.92 Å². The van der Waals surface area contributed by atoms with E-state index in [1.165, 1.54) is 10.4 Å². The number of amides is 2. The molecule has 0 spiro atoms. The van der Waals surface area contributed by atoms with Crippen molar-refractivity contribution in [1.29, 1.82) is 0 Å². The molecule has 0 bridgehead atoms. The summed E-state index contributed by atoms with van der Waals surface area (Å²) in [5.41, 5.74) is 2.73. The summed E-state index contributed by atoms with van der Waals surface area (Å²) in [7, 11) is 1.80. The van der Waals surface area contributed by atoms with Gasteiger partial charge in [0.25, 0.3) is 5.91 Å². The van der Waals surface area contributed by atoms with Crippen LogP contribution in [0.1, 0.15) is 29.4 Å². The molecule has 1 aromatic carbocycles. The third-order valence-corrected chi connectivity index (χ3v) is 6.62. The lowest BCUT2D eigenvalue weighted by Gasteiger charge is -2.23. The van der Waals surface area contributed by atoms with E-state index in [1.807, 2.05) is 11.0 Å². The van der Waals surface area contributed by atoms with E-state index in [-0.39, 0.29) is 17.7 Å². The van der Waals surface area contributed by atoms with Gasteiger partial charge >= 0.3 is 0 Å². The van der Waals surface area contributed by atoms with Gasteiger partial charge in [-0.2, -0.15) is 5.10 Å². The Kier molecular flexibility index (Phi) is 6.51. The van der Waals surface area contributed by atoms with Gasteiger partial charge in [-0.25, -0.2) is 0 Å². The average molecular weight is 437 g/mol. The highest BCUT2D eigenvalue weighted by molar-refractivity contribution is 7.13. The number of carbonyl (C=O) groups excluding carboxylic acids is 2. The van der Waals surface area contributed by atoms with E-state index in [4.69, 9.17) is 0 Å². The first-order chi connectivity index (χ1) is 15.0. The molecular formula is C24H28N4O2S. The van der Waals surface area contributed by atoms with Gasteiger partial charge in [0.05, 0.1) is 5.92 Å². The molecule has 1 aliphatic rings. The van der Waals surface area contributed by atoms with E-state index in [2.05, 4.69) is 47.7 Å². The zero-order valence-electron chi connectivity index (χ0n) is 18.0. The molecule has 1 fully saturated rings. The van der Waals surface area contributed by atoms with Crippen molar-refractivity contribution in [2.45, 2.75) is 19.8 Å². The fraction of sp³-hybridized carbons (Fsp3) is 0.375. The van der Waals surface area contributed by atoms with Gasteiger partial charge in [0.2, 0.25) is 5.91 Å². The smallest absolute Gasteiger partial charge is 0.274 e. The maximum atomic E-state index is 13.3. The van der Waals surface area contributed by atoms with Gasteiger partial charge in [-0.1, -0.05) is 37.3 Å². The molecular weight excluding hydrogens is 408 g/mol. The molecule has 4 rings (SSSR count). The monoisotopic (exact) mass is 436 g/mol. The predicted molar refractivity (Wildman–Crippen MR) is 123 cm³/mol. The van der Waals surface area contributed by atoms with E-state index >= 15 is 0 Å². The quantitative estimate of drug-likeness (QED) is 0.592. The Hall–Kier alpha value is -2.93. The average Bonchev–Trinajstić information content (AvgIpc) is 3.44. The van der Waals surface area contributed by atoms with Crippen molar-refractivity contribution in [2.24, 2.45) is 13.0 Å². The van der Waals surface area contributed by atoms with Crippen LogP contribution in [0.4, 0.5) is 0 Å². The Labute approximate surface area is 187 Å². The summed E-state index contributed by atoms with van der Waals surface area (Å²) < 4.78 is 1.63. The molecule has 162 valence electrons. The van der Waals surface area contributed by atoms with Crippen LogP contribution >= 0.6 is 11.3 Å². The third kappa shape index (κ3) is 4.88. The van der Waals surface area contributed by atoms with Crippen LogP contribution in [-0.2, 0) is 18.3 Å². The summed E-state index contributed by atoms with van der Waals surface area (Å²) in [6.07, 6.45) is 3.30. The standard InChI is InChI=1S/C24H28N4O2S/c1-3-11-27-13-14-28(24(30)21-10-12-26(2)25-21)17-20(23(27)29)16-18-6-8-19(9-7-18)22-5-4-15-31-22/h4-10,12,15,20H,3,11,13-14,16-17H2,1-2H3. The van der Waals surface area contributed by atoms with Crippen LogP contribution in [0.3, 0.4) is 0 Å². The van der Waals surface area contributed by atoms with Crippen LogP contribution in [-0.4, -0.2) is 57.6 Å². The SMILES string of the molecule is CCCN1CCN(C(=O)c2ccn(C)n2)CC(Cc2ccc(-c3cccs3)cc2)C1=O. The molecule has 31 heavy (non-hydrogen) atoms. The number of aryl methyl sites for hydroxylation is 1. The summed E-state index contributed by atoms with van der Waals surface area (Å²) in [5, 5.41) is 6.33. The maximum Gasteiger partial charge on any atom is 0.274 e.